The van der Waals surface area contributed by atoms with Gasteiger partial charge in [0.2, 0.25) is 0 Å². The Morgan fingerprint density at radius 2 is 2.25 bits per heavy atom. The molecule has 1 heterocycles. The molecule has 2 atom stereocenters. The third-order valence-corrected chi connectivity index (χ3v) is 5.12. The van der Waals surface area contributed by atoms with Gasteiger partial charge in [-0.15, -0.1) is 0 Å². The van der Waals surface area contributed by atoms with E-state index in [1.54, 1.807) is 7.11 Å². The van der Waals surface area contributed by atoms with Crippen LogP contribution in [-0.4, -0.2) is 47.2 Å². The first-order valence-electron chi connectivity index (χ1n) is 5.93. The fraction of sp³-hybridized carbons (Fsp3) is 1.00. The Morgan fingerprint density at radius 1 is 1.50 bits per heavy atom. The van der Waals surface area contributed by atoms with Gasteiger partial charge >= 0.3 is 0 Å². The molecule has 0 spiro atoms. The molecule has 0 radical (unpaired) electrons. The van der Waals surface area contributed by atoms with E-state index in [2.05, 4.69) is 5.32 Å². The number of ether oxygens (including phenoxy) is 1. The van der Waals surface area contributed by atoms with Gasteiger partial charge in [0.1, 0.15) is 0 Å². The lowest BCUT2D eigenvalue weighted by Gasteiger charge is -2.22. The molecule has 1 rings (SSSR count). The number of hydrogen-bond acceptors (Lipinski definition) is 4. The second-order valence-electron chi connectivity index (χ2n) is 4.62. The third-order valence-electron chi connectivity index (χ3n) is 3.32. The summed E-state index contributed by atoms with van der Waals surface area (Å²) < 4.78 is 27.9. The topological polar surface area (TPSA) is 55.4 Å². The Kier molecular flexibility index (Phi) is 5.72. The Labute approximate surface area is 98.7 Å². The first-order valence-corrected chi connectivity index (χ1v) is 7.75. The number of rotatable bonds is 7. The van der Waals surface area contributed by atoms with E-state index in [0.29, 0.717) is 23.3 Å². The van der Waals surface area contributed by atoms with Gasteiger partial charge < -0.3 is 10.1 Å². The molecule has 0 aromatic rings. The second kappa shape index (κ2) is 6.57. The van der Waals surface area contributed by atoms with Crippen molar-refractivity contribution < 1.29 is 13.2 Å². The van der Waals surface area contributed by atoms with Crippen molar-refractivity contribution in [3.8, 4) is 0 Å². The highest BCUT2D eigenvalue weighted by Crippen LogP contribution is 2.28. The first kappa shape index (κ1) is 13.9. The van der Waals surface area contributed by atoms with Gasteiger partial charge in [-0.1, -0.05) is 0 Å². The summed E-state index contributed by atoms with van der Waals surface area (Å²) in [6.45, 7) is 1.67. The predicted octanol–water partition coefficient (Wildman–Crippen LogP) is 0.683. The van der Waals surface area contributed by atoms with Crippen molar-refractivity contribution in [2.24, 2.45) is 11.8 Å². The maximum atomic E-state index is 11.4. The van der Waals surface area contributed by atoms with Crippen molar-refractivity contribution in [2.45, 2.75) is 19.3 Å². The molecular weight excluding hydrogens is 226 g/mol. The van der Waals surface area contributed by atoms with Crippen LogP contribution in [0.25, 0.3) is 0 Å². The fourth-order valence-corrected chi connectivity index (χ4v) is 4.37. The zero-order valence-corrected chi connectivity index (χ0v) is 11.1. The van der Waals surface area contributed by atoms with Gasteiger partial charge in [-0.3, -0.25) is 0 Å². The highest BCUT2D eigenvalue weighted by atomic mass is 32.2. The van der Waals surface area contributed by atoms with E-state index in [1.165, 1.54) is 0 Å². The molecule has 1 N–H and O–H groups in total. The minimum atomic E-state index is -2.75. The number of methoxy groups -OCH3 is 1. The van der Waals surface area contributed by atoms with E-state index >= 15 is 0 Å². The summed E-state index contributed by atoms with van der Waals surface area (Å²) in [6, 6.07) is 0. The van der Waals surface area contributed by atoms with Crippen LogP contribution in [0.15, 0.2) is 0 Å². The zero-order valence-electron chi connectivity index (χ0n) is 10.2. The van der Waals surface area contributed by atoms with Crippen LogP contribution in [0.2, 0.25) is 0 Å². The van der Waals surface area contributed by atoms with E-state index in [0.717, 1.165) is 32.4 Å². The van der Waals surface area contributed by atoms with Crippen LogP contribution in [-0.2, 0) is 14.6 Å². The summed E-state index contributed by atoms with van der Waals surface area (Å²) in [5, 5.41) is 3.16. The van der Waals surface area contributed by atoms with Crippen LogP contribution in [0.5, 0.6) is 0 Å². The quantitative estimate of drug-likeness (QED) is 0.674. The smallest absolute Gasteiger partial charge is 0.150 e. The number of hydrogen-bond donors (Lipinski definition) is 1. The Hall–Kier alpha value is -0.130. The van der Waals surface area contributed by atoms with Crippen LogP contribution < -0.4 is 5.32 Å². The molecule has 1 aliphatic heterocycles. The fourth-order valence-electron chi connectivity index (χ4n) is 2.45. The largest absolute Gasteiger partial charge is 0.385 e. The van der Waals surface area contributed by atoms with Crippen molar-refractivity contribution in [2.75, 3.05) is 38.8 Å². The minimum Gasteiger partial charge on any atom is -0.385 e. The van der Waals surface area contributed by atoms with Crippen molar-refractivity contribution in [3.63, 3.8) is 0 Å². The molecule has 96 valence electrons. The molecule has 1 fully saturated rings. The van der Waals surface area contributed by atoms with E-state index in [-0.39, 0.29) is 0 Å². The van der Waals surface area contributed by atoms with Crippen molar-refractivity contribution in [1.29, 1.82) is 0 Å². The maximum Gasteiger partial charge on any atom is 0.150 e. The number of sulfone groups is 1. The summed E-state index contributed by atoms with van der Waals surface area (Å²) in [4.78, 5) is 0. The van der Waals surface area contributed by atoms with E-state index in [4.69, 9.17) is 4.74 Å². The van der Waals surface area contributed by atoms with Gasteiger partial charge in [-0.2, -0.15) is 0 Å². The van der Waals surface area contributed by atoms with Gasteiger partial charge in [-0.05, 0) is 44.7 Å². The summed E-state index contributed by atoms with van der Waals surface area (Å²) >= 11 is 0. The second-order valence-corrected chi connectivity index (χ2v) is 6.84. The molecule has 5 heteroatoms. The van der Waals surface area contributed by atoms with Crippen LogP contribution in [0.1, 0.15) is 19.3 Å². The van der Waals surface area contributed by atoms with Crippen LogP contribution in [0.4, 0.5) is 0 Å². The molecule has 0 aromatic heterocycles. The molecule has 0 aromatic carbocycles. The maximum absolute atomic E-state index is 11.4. The molecule has 1 saturated heterocycles. The van der Waals surface area contributed by atoms with Crippen LogP contribution in [0.3, 0.4) is 0 Å². The number of nitrogens with one attached hydrogen (secondary N) is 1. The lowest BCUT2D eigenvalue weighted by atomic mass is 9.88. The highest BCUT2D eigenvalue weighted by molar-refractivity contribution is 7.91. The first-order chi connectivity index (χ1) is 7.59. The normalized spacial score (nSPS) is 25.8. The SMILES string of the molecule is CNCC(CCCOC)C1CCS(=O)(=O)C1. The zero-order chi connectivity index (χ0) is 12.0. The highest BCUT2D eigenvalue weighted by Gasteiger charge is 2.32. The lowest BCUT2D eigenvalue weighted by Crippen LogP contribution is -2.27. The standard InChI is InChI=1S/C11H23NO3S/c1-12-8-10(4-3-6-15-2)11-5-7-16(13,14)9-11/h10-12H,3-9H2,1-2H3. The summed E-state index contributed by atoms with van der Waals surface area (Å²) in [7, 11) is 0.876. The molecule has 16 heavy (non-hydrogen) atoms. The van der Waals surface area contributed by atoms with E-state index < -0.39 is 9.84 Å². The van der Waals surface area contributed by atoms with Crippen molar-refractivity contribution >= 4 is 9.84 Å². The van der Waals surface area contributed by atoms with Crippen molar-refractivity contribution in [1.82, 2.24) is 5.32 Å². The van der Waals surface area contributed by atoms with Gasteiger partial charge in [0.15, 0.2) is 9.84 Å². The molecule has 0 bridgehead atoms. The Bertz CT molecular complexity index is 290. The van der Waals surface area contributed by atoms with Crippen LogP contribution >= 0.6 is 0 Å². The van der Waals surface area contributed by atoms with Crippen LogP contribution in [0, 0.1) is 11.8 Å². The van der Waals surface area contributed by atoms with Gasteiger partial charge in [0.05, 0.1) is 11.5 Å². The Morgan fingerprint density at radius 3 is 2.75 bits per heavy atom. The molecule has 4 nitrogen and oxygen atoms in total. The average Bonchev–Trinajstić information content (AvgIpc) is 2.58. The van der Waals surface area contributed by atoms with Crippen molar-refractivity contribution in [3.05, 3.63) is 0 Å². The Balaban J connectivity index is 2.43. The van der Waals surface area contributed by atoms with E-state index in [1.807, 2.05) is 7.05 Å². The lowest BCUT2D eigenvalue weighted by molar-refractivity contribution is 0.180. The van der Waals surface area contributed by atoms with Gasteiger partial charge in [0.25, 0.3) is 0 Å². The monoisotopic (exact) mass is 249 g/mol. The van der Waals surface area contributed by atoms with E-state index in [9.17, 15) is 8.42 Å². The van der Waals surface area contributed by atoms with Gasteiger partial charge in [0, 0.05) is 13.7 Å². The summed E-state index contributed by atoms with van der Waals surface area (Å²) in [6.07, 6.45) is 2.90. The third kappa shape index (κ3) is 4.39. The summed E-state index contributed by atoms with van der Waals surface area (Å²) in [5.74, 6) is 1.57. The van der Waals surface area contributed by atoms with Gasteiger partial charge in [-0.25, -0.2) is 8.42 Å². The minimum absolute atomic E-state index is 0.342. The molecule has 2 unspecified atom stereocenters. The molecular formula is C11H23NO3S. The predicted molar refractivity (Wildman–Crippen MR) is 65.3 cm³/mol. The molecule has 0 aliphatic carbocycles. The molecule has 0 saturated carbocycles. The molecule has 1 aliphatic rings. The summed E-state index contributed by atoms with van der Waals surface area (Å²) in [5.41, 5.74) is 0. The average molecular weight is 249 g/mol. The molecule has 0 amide bonds.